The van der Waals surface area contributed by atoms with Crippen LogP contribution in [0.1, 0.15) is 50.0 Å². The fourth-order valence-electron chi connectivity index (χ4n) is 4.52. The lowest BCUT2D eigenvalue weighted by Gasteiger charge is -2.41. The highest BCUT2D eigenvalue weighted by Crippen LogP contribution is 2.46. The zero-order valence-electron chi connectivity index (χ0n) is 12.5. The lowest BCUT2D eigenvalue weighted by atomic mass is 9.77. The minimum Gasteiger partial charge on any atom is -0.493 e. The summed E-state index contributed by atoms with van der Waals surface area (Å²) in [5.74, 6) is 1.42. The van der Waals surface area contributed by atoms with Crippen molar-refractivity contribution >= 4 is 0 Å². The van der Waals surface area contributed by atoms with Gasteiger partial charge in [-0.1, -0.05) is 31.0 Å². The molecule has 1 spiro atoms. The molecule has 1 saturated carbocycles. The number of hydrogen-bond donors (Lipinski definition) is 1. The minimum absolute atomic E-state index is 0.0723. The Morgan fingerprint density at radius 2 is 2.00 bits per heavy atom. The molecule has 1 N–H and O–H groups in total. The van der Waals surface area contributed by atoms with E-state index in [1.807, 2.05) is 18.2 Å². The molecule has 0 amide bonds. The number of hydrogen-bond acceptors (Lipinski definition) is 3. The van der Waals surface area contributed by atoms with E-state index in [0.29, 0.717) is 12.5 Å². The average molecular weight is 288 g/mol. The predicted molar refractivity (Wildman–Crippen MR) is 80.6 cm³/mol. The SMILES string of the molecule is OC(C1CCOC2(CCCC2)C1)C1COc2ccccc21. The van der Waals surface area contributed by atoms with Crippen LogP contribution >= 0.6 is 0 Å². The summed E-state index contributed by atoms with van der Waals surface area (Å²) < 4.78 is 11.8. The number of rotatable bonds is 2. The van der Waals surface area contributed by atoms with Crippen molar-refractivity contribution in [1.82, 2.24) is 0 Å². The molecular weight excluding hydrogens is 264 g/mol. The van der Waals surface area contributed by atoms with Gasteiger partial charge in [-0.05, 0) is 37.7 Å². The van der Waals surface area contributed by atoms with Crippen LogP contribution in [0, 0.1) is 5.92 Å². The standard InChI is InChI=1S/C18H24O3/c19-17(15-12-20-16-6-2-1-5-14(15)16)13-7-10-21-18(11-13)8-3-4-9-18/h1-2,5-6,13,15,17,19H,3-4,7-12H2. The molecule has 1 aromatic rings. The first kappa shape index (κ1) is 13.6. The molecule has 2 heterocycles. The summed E-state index contributed by atoms with van der Waals surface area (Å²) in [6.07, 6.45) is 6.59. The third-order valence-corrected chi connectivity index (χ3v) is 5.68. The summed E-state index contributed by atoms with van der Waals surface area (Å²) >= 11 is 0. The van der Waals surface area contributed by atoms with E-state index in [-0.39, 0.29) is 17.6 Å². The monoisotopic (exact) mass is 288 g/mol. The van der Waals surface area contributed by atoms with Gasteiger partial charge < -0.3 is 14.6 Å². The summed E-state index contributed by atoms with van der Waals surface area (Å²) in [5, 5.41) is 10.9. The Balaban J connectivity index is 1.51. The summed E-state index contributed by atoms with van der Waals surface area (Å²) in [5.41, 5.74) is 1.25. The van der Waals surface area contributed by atoms with E-state index in [2.05, 4.69) is 6.07 Å². The minimum atomic E-state index is -0.310. The molecule has 4 rings (SSSR count). The third kappa shape index (κ3) is 2.36. The van der Waals surface area contributed by atoms with Gasteiger partial charge in [-0.2, -0.15) is 0 Å². The van der Waals surface area contributed by atoms with Crippen LogP contribution in [0.5, 0.6) is 5.75 Å². The van der Waals surface area contributed by atoms with E-state index in [9.17, 15) is 5.11 Å². The van der Waals surface area contributed by atoms with Crippen molar-refractivity contribution in [2.24, 2.45) is 5.92 Å². The first-order valence-electron chi connectivity index (χ1n) is 8.31. The zero-order chi connectivity index (χ0) is 14.3. The molecule has 0 bridgehead atoms. The first-order valence-corrected chi connectivity index (χ1v) is 8.31. The van der Waals surface area contributed by atoms with Crippen LogP contribution in [0.2, 0.25) is 0 Å². The van der Waals surface area contributed by atoms with E-state index in [1.54, 1.807) is 0 Å². The number of benzene rings is 1. The van der Waals surface area contributed by atoms with Crippen LogP contribution in [-0.4, -0.2) is 30.0 Å². The van der Waals surface area contributed by atoms with E-state index < -0.39 is 0 Å². The van der Waals surface area contributed by atoms with E-state index in [1.165, 1.54) is 31.2 Å². The quantitative estimate of drug-likeness (QED) is 0.908. The number of aliphatic hydroxyl groups excluding tert-OH is 1. The maximum atomic E-state index is 10.9. The van der Waals surface area contributed by atoms with Crippen molar-refractivity contribution in [2.45, 2.75) is 56.1 Å². The molecule has 3 atom stereocenters. The Morgan fingerprint density at radius 1 is 1.19 bits per heavy atom. The molecule has 1 aliphatic carbocycles. The Bertz CT molecular complexity index is 507. The largest absolute Gasteiger partial charge is 0.493 e. The molecule has 2 fully saturated rings. The van der Waals surface area contributed by atoms with Crippen LogP contribution < -0.4 is 4.74 Å². The second-order valence-corrected chi connectivity index (χ2v) is 6.94. The molecule has 1 saturated heterocycles. The van der Waals surface area contributed by atoms with Crippen molar-refractivity contribution in [3.63, 3.8) is 0 Å². The second kappa shape index (κ2) is 5.29. The molecular formula is C18H24O3. The molecule has 2 aliphatic heterocycles. The molecule has 3 aliphatic rings. The van der Waals surface area contributed by atoms with Crippen LogP contribution in [0.15, 0.2) is 24.3 Å². The van der Waals surface area contributed by atoms with Gasteiger partial charge in [-0.25, -0.2) is 0 Å². The first-order chi connectivity index (χ1) is 10.3. The van der Waals surface area contributed by atoms with Crippen molar-refractivity contribution in [2.75, 3.05) is 13.2 Å². The van der Waals surface area contributed by atoms with Crippen LogP contribution in [-0.2, 0) is 4.74 Å². The van der Waals surface area contributed by atoms with Gasteiger partial charge in [0.15, 0.2) is 0 Å². The number of para-hydroxylation sites is 1. The van der Waals surface area contributed by atoms with Gasteiger partial charge in [0.1, 0.15) is 5.75 Å². The lowest BCUT2D eigenvalue weighted by molar-refractivity contribution is -0.116. The van der Waals surface area contributed by atoms with Crippen LogP contribution in [0.25, 0.3) is 0 Å². The fourth-order valence-corrected chi connectivity index (χ4v) is 4.52. The van der Waals surface area contributed by atoms with Gasteiger partial charge in [0.25, 0.3) is 0 Å². The Hall–Kier alpha value is -1.06. The van der Waals surface area contributed by atoms with Gasteiger partial charge >= 0.3 is 0 Å². The maximum absolute atomic E-state index is 10.9. The summed E-state index contributed by atoms with van der Waals surface area (Å²) in [7, 11) is 0. The number of aliphatic hydroxyl groups is 1. The van der Waals surface area contributed by atoms with Crippen LogP contribution in [0.3, 0.4) is 0 Å². The van der Waals surface area contributed by atoms with Crippen LogP contribution in [0.4, 0.5) is 0 Å². The van der Waals surface area contributed by atoms with Crippen molar-refractivity contribution in [1.29, 1.82) is 0 Å². The molecule has 3 nitrogen and oxygen atoms in total. The highest BCUT2D eigenvalue weighted by atomic mass is 16.5. The van der Waals surface area contributed by atoms with E-state index >= 15 is 0 Å². The van der Waals surface area contributed by atoms with E-state index in [0.717, 1.165) is 25.2 Å². The molecule has 0 aromatic heterocycles. The molecule has 3 heteroatoms. The molecule has 114 valence electrons. The summed E-state index contributed by atoms with van der Waals surface area (Å²) in [6.45, 7) is 1.42. The molecule has 21 heavy (non-hydrogen) atoms. The Morgan fingerprint density at radius 3 is 2.86 bits per heavy atom. The summed E-state index contributed by atoms with van der Waals surface area (Å²) in [4.78, 5) is 0. The lowest BCUT2D eigenvalue weighted by Crippen LogP contribution is -2.42. The number of fused-ring (bicyclic) bond motifs is 1. The predicted octanol–water partition coefficient (Wildman–Crippen LogP) is 3.26. The van der Waals surface area contributed by atoms with Gasteiger partial charge in [0.2, 0.25) is 0 Å². The van der Waals surface area contributed by atoms with Gasteiger partial charge in [-0.15, -0.1) is 0 Å². The highest BCUT2D eigenvalue weighted by molar-refractivity contribution is 5.40. The number of ether oxygens (including phenoxy) is 2. The van der Waals surface area contributed by atoms with Crippen molar-refractivity contribution in [3.05, 3.63) is 29.8 Å². The van der Waals surface area contributed by atoms with Crippen molar-refractivity contribution < 1.29 is 14.6 Å². The summed E-state index contributed by atoms with van der Waals surface area (Å²) in [6, 6.07) is 8.14. The fraction of sp³-hybridized carbons (Fsp3) is 0.667. The smallest absolute Gasteiger partial charge is 0.123 e. The van der Waals surface area contributed by atoms with Gasteiger partial charge in [-0.3, -0.25) is 0 Å². The Kier molecular flexibility index (Phi) is 3.43. The third-order valence-electron chi connectivity index (χ3n) is 5.68. The maximum Gasteiger partial charge on any atom is 0.123 e. The molecule has 3 unspecified atom stereocenters. The highest BCUT2D eigenvalue weighted by Gasteiger charge is 2.44. The van der Waals surface area contributed by atoms with E-state index in [4.69, 9.17) is 9.47 Å². The van der Waals surface area contributed by atoms with Gasteiger partial charge in [0, 0.05) is 18.1 Å². The van der Waals surface area contributed by atoms with Crippen molar-refractivity contribution in [3.8, 4) is 5.75 Å². The van der Waals surface area contributed by atoms with Gasteiger partial charge in [0.05, 0.1) is 18.3 Å². The normalized spacial score (nSPS) is 31.9. The average Bonchev–Trinajstić information content (AvgIpc) is 3.14. The second-order valence-electron chi connectivity index (χ2n) is 6.94. The topological polar surface area (TPSA) is 38.7 Å². The zero-order valence-corrected chi connectivity index (χ0v) is 12.5. The Labute approximate surface area is 126 Å². The molecule has 1 aromatic carbocycles. The molecule has 0 radical (unpaired) electrons.